The Morgan fingerprint density at radius 1 is 0.380 bits per heavy atom. The van der Waals surface area contributed by atoms with Crippen LogP contribution in [0.2, 0.25) is 0 Å². The molecule has 0 saturated carbocycles. The number of aromatic carboxylic acids is 2. The molecule has 0 aliphatic rings. The number of carboxylic acids is 2. The molecular formula is C80H90Na2O22S4. The summed E-state index contributed by atoms with van der Waals surface area (Å²) in [4.78, 5) is 46.2. The van der Waals surface area contributed by atoms with Crippen LogP contribution in [0.4, 0.5) is 0 Å². The zero-order valence-electron chi connectivity index (χ0n) is 62.2. The Hall–Kier alpha value is -7.12. The van der Waals surface area contributed by atoms with Gasteiger partial charge in [0.15, 0.2) is 12.2 Å². The molecule has 2 atom stereocenters. The molecule has 0 aromatic heterocycles. The van der Waals surface area contributed by atoms with Crippen molar-refractivity contribution < 1.29 is 160 Å². The molecule has 8 aromatic carbocycles. The van der Waals surface area contributed by atoms with Gasteiger partial charge in [-0.05, 0) is 144 Å². The molecule has 28 heteroatoms. The molecule has 0 heterocycles. The predicted octanol–water partition coefficient (Wildman–Crippen LogP) is 8.24. The number of hydrogen-bond acceptors (Lipinski definition) is 20. The topological polar surface area (TPSA) is 347 Å². The number of sulfone groups is 2. The molecule has 108 heavy (non-hydrogen) atoms. The smallest absolute Gasteiger partial charge is 0.545 e. The zero-order chi connectivity index (χ0) is 77.2. The molecule has 0 aliphatic heterocycles. The first-order chi connectivity index (χ1) is 50.5. The second kappa shape index (κ2) is 44.1. The van der Waals surface area contributed by atoms with Gasteiger partial charge in [-0.2, -0.15) is 16.8 Å². The SMILES string of the molecule is CCCCCCCOCc1ccc(C(=O)[O-])c(C(OC(C)=O)c2ccccc2-c2ccc(S(=O)(=O)c3ccc(OCCCC)cc3)c(S(=O)(=O)O)c2)c1.CCCCCCCOCc1ccc(C(=O)[O-])c(C(OC(C)=O)c2ccccc2-c2ccc(S(=O)(=O)c3ccc(OCCCC)cc3)c(S(=O)(=O)O)c2)c1.[Na+].[Na+]. The zero-order valence-corrected chi connectivity index (χ0v) is 69.4. The van der Waals surface area contributed by atoms with Crippen molar-refractivity contribution in [2.45, 2.75) is 186 Å². The van der Waals surface area contributed by atoms with Crippen molar-refractivity contribution in [3.05, 3.63) is 214 Å². The number of benzene rings is 8. The minimum Gasteiger partial charge on any atom is -0.545 e. The van der Waals surface area contributed by atoms with Crippen LogP contribution in [0, 0.1) is 0 Å². The number of carbonyl (C=O) groups excluding carboxylic acids is 4. The first-order valence-corrected chi connectivity index (χ1v) is 41.0. The summed E-state index contributed by atoms with van der Waals surface area (Å²) in [6, 6.07) is 39.7. The Balaban J connectivity index is 0.000000380. The van der Waals surface area contributed by atoms with Crippen LogP contribution in [0.5, 0.6) is 11.5 Å². The van der Waals surface area contributed by atoms with Gasteiger partial charge in [-0.25, -0.2) is 16.8 Å². The first-order valence-electron chi connectivity index (χ1n) is 35.1. The third-order valence-electron chi connectivity index (χ3n) is 17.1. The van der Waals surface area contributed by atoms with Crippen LogP contribution in [-0.2, 0) is 81.7 Å². The van der Waals surface area contributed by atoms with Crippen LogP contribution in [0.1, 0.15) is 198 Å². The number of carbonyl (C=O) groups is 4. The molecule has 0 fully saturated rings. The van der Waals surface area contributed by atoms with Gasteiger partial charge in [-0.15, -0.1) is 0 Å². The third kappa shape index (κ3) is 26.0. The quantitative estimate of drug-likeness (QED) is 0.0158. The molecule has 568 valence electrons. The molecule has 0 saturated heterocycles. The molecule has 0 radical (unpaired) electrons. The standard InChI is InChI=1S/2C40H46O11S2.2Na/c2*1-4-6-8-9-12-23-49-27-29-15-21-35(40(42)43)36(25-29)39(51-28(3)41)34-14-11-10-13-33(34)30-16-22-37(38(26-30)53(46,47)48)52(44,45)32-19-17-31(18-20-32)50-24-7-5-2;;/h2*10-11,13-22,25-26,39H,4-9,12,23-24,27H2,1-3H3,(H,42,43)(H,46,47,48);;/q;;2*+1/p-2. The average Bonchev–Trinajstić information content (AvgIpc) is 0.765. The van der Waals surface area contributed by atoms with Crippen molar-refractivity contribution >= 4 is 63.8 Å². The molecule has 0 spiro atoms. The van der Waals surface area contributed by atoms with Gasteiger partial charge in [0, 0.05) is 60.4 Å². The fourth-order valence-corrected chi connectivity index (χ4v) is 16.8. The molecular weight excluding hydrogens is 1490 g/mol. The van der Waals surface area contributed by atoms with E-state index in [-0.39, 0.29) is 138 Å². The van der Waals surface area contributed by atoms with Crippen LogP contribution in [0.15, 0.2) is 199 Å². The molecule has 0 aliphatic carbocycles. The Morgan fingerprint density at radius 2 is 0.722 bits per heavy atom. The van der Waals surface area contributed by atoms with E-state index in [1.165, 1.54) is 86.6 Å². The Kier molecular flexibility index (Phi) is 37.3. The van der Waals surface area contributed by atoms with Crippen molar-refractivity contribution in [2.24, 2.45) is 0 Å². The van der Waals surface area contributed by atoms with Crippen LogP contribution < -0.4 is 78.8 Å². The summed E-state index contributed by atoms with van der Waals surface area (Å²) in [6.45, 7) is 12.9. The summed E-state index contributed by atoms with van der Waals surface area (Å²) in [5, 5.41) is 24.7. The van der Waals surface area contributed by atoms with Gasteiger partial charge in [-0.1, -0.05) is 177 Å². The van der Waals surface area contributed by atoms with Gasteiger partial charge in [0.2, 0.25) is 19.7 Å². The molecule has 0 bridgehead atoms. The van der Waals surface area contributed by atoms with Gasteiger partial charge >= 0.3 is 71.1 Å². The molecule has 8 aromatic rings. The van der Waals surface area contributed by atoms with Crippen molar-refractivity contribution in [3.63, 3.8) is 0 Å². The minimum absolute atomic E-state index is 0. The maximum Gasteiger partial charge on any atom is 1.00 e. The summed E-state index contributed by atoms with van der Waals surface area (Å²) in [5.41, 5.74) is 2.30. The van der Waals surface area contributed by atoms with Gasteiger partial charge < -0.3 is 48.2 Å². The van der Waals surface area contributed by atoms with Crippen molar-refractivity contribution in [3.8, 4) is 33.8 Å². The number of carboxylic acid groups (broad SMARTS) is 2. The van der Waals surface area contributed by atoms with E-state index in [1.54, 1.807) is 72.8 Å². The second-order valence-corrected chi connectivity index (χ2v) is 31.7. The van der Waals surface area contributed by atoms with Gasteiger partial charge in [0.1, 0.15) is 21.3 Å². The fraction of sp³-hybridized carbons (Fsp3) is 0.350. The van der Waals surface area contributed by atoms with Gasteiger partial charge in [0.05, 0.1) is 57.9 Å². The first kappa shape index (κ1) is 91.5. The summed E-state index contributed by atoms with van der Waals surface area (Å²) < 4.78 is 161. The maximum atomic E-state index is 13.7. The van der Waals surface area contributed by atoms with Gasteiger partial charge in [-0.3, -0.25) is 18.7 Å². The van der Waals surface area contributed by atoms with E-state index >= 15 is 0 Å². The third-order valence-corrected chi connectivity index (χ3v) is 22.8. The monoisotopic (exact) mass is 1580 g/mol. The predicted molar refractivity (Wildman–Crippen MR) is 394 cm³/mol. The van der Waals surface area contributed by atoms with Crippen molar-refractivity contribution in [2.75, 3.05) is 26.4 Å². The van der Waals surface area contributed by atoms with E-state index in [1.807, 2.05) is 13.8 Å². The summed E-state index contributed by atoms with van der Waals surface area (Å²) >= 11 is 0. The van der Waals surface area contributed by atoms with Crippen molar-refractivity contribution in [1.29, 1.82) is 0 Å². The van der Waals surface area contributed by atoms with Crippen LogP contribution in [-0.4, -0.2) is 93.1 Å². The van der Waals surface area contributed by atoms with Crippen LogP contribution >= 0.6 is 0 Å². The second-order valence-electron chi connectivity index (χ2n) is 25.1. The summed E-state index contributed by atoms with van der Waals surface area (Å²) in [7, 11) is -19.2. The number of unbranched alkanes of at least 4 members (excludes halogenated alkanes) is 10. The number of ether oxygens (including phenoxy) is 6. The van der Waals surface area contributed by atoms with Gasteiger partial charge in [0.25, 0.3) is 20.2 Å². The molecule has 2 unspecified atom stereocenters. The average molecular weight is 1580 g/mol. The van der Waals surface area contributed by atoms with E-state index in [2.05, 4.69) is 13.8 Å². The summed E-state index contributed by atoms with van der Waals surface area (Å²) in [6.07, 6.45) is 11.4. The number of esters is 2. The fourth-order valence-electron chi connectivity index (χ4n) is 11.7. The van der Waals surface area contributed by atoms with Crippen LogP contribution in [0.3, 0.4) is 0 Å². The van der Waals surface area contributed by atoms with E-state index in [9.17, 15) is 72.2 Å². The summed E-state index contributed by atoms with van der Waals surface area (Å²) in [5.74, 6) is -3.60. The number of hydrogen-bond donors (Lipinski definition) is 2. The maximum absolute atomic E-state index is 13.7. The van der Waals surface area contributed by atoms with E-state index < -0.39 is 95.6 Å². The molecule has 22 nitrogen and oxygen atoms in total. The normalized spacial score (nSPS) is 12.1. The molecule has 2 N–H and O–H groups in total. The largest absolute Gasteiger partial charge is 1.00 e. The Morgan fingerprint density at radius 3 is 1.05 bits per heavy atom. The Labute approximate surface area is 678 Å². The van der Waals surface area contributed by atoms with E-state index in [0.29, 0.717) is 49.1 Å². The van der Waals surface area contributed by atoms with E-state index in [0.717, 1.165) is 114 Å². The minimum atomic E-state index is -5.11. The molecule has 0 amide bonds. The Bertz CT molecular complexity index is 4500. The van der Waals surface area contributed by atoms with E-state index in [4.69, 9.17) is 28.4 Å². The number of rotatable bonds is 40. The molecule has 8 rings (SSSR count). The van der Waals surface area contributed by atoms with Crippen molar-refractivity contribution in [1.82, 2.24) is 0 Å². The van der Waals surface area contributed by atoms with Crippen LogP contribution in [0.25, 0.3) is 22.3 Å².